The predicted octanol–water partition coefficient (Wildman–Crippen LogP) is 7.58. The van der Waals surface area contributed by atoms with E-state index in [1.807, 2.05) is 37.3 Å². The fourth-order valence-electron chi connectivity index (χ4n) is 5.18. The zero-order valence-electron chi connectivity index (χ0n) is 26.0. The average molecular weight is 684 g/mol. The first-order valence-electron chi connectivity index (χ1n) is 15.0. The number of thioether (sulfide) groups is 1. The van der Waals surface area contributed by atoms with Crippen LogP contribution < -0.4 is 19.1 Å². The lowest BCUT2D eigenvalue weighted by molar-refractivity contribution is -0.132. The third-order valence-corrected chi connectivity index (χ3v) is 9.64. The number of ether oxygens (including phenoxy) is 3. The zero-order chi connectivity index (χ0) is 33.6. The zero-order valence-corrected chi connectivity index (χ0v) is 27.6. The van der Waals surface area contributed by atoms with Crippen LogP contribution in [0.1, 0.15) is 35.2 Å². The third kappa shape index (κ3) is 6.90. The van der Waals surface area contributed by atoms with E-state index in [9.17, 15) is 19.1 Å². The summed E-state index contributed by atoms with van der Waals surface area (Å²) in [4.78, 5) is 28.7. The van der Waals surface area contributed by atoms with Gasteiger partial charge < -0.3 is 19.3 Å². The van der Waals surface area contributed by atoms with Crippen LogP contribution in [0.2, 0.25) is 0 Å². The number of ketones is 1. The van der Waals surface area contributed by atoms with E-state index in [1.165, 1.54) is 29.8 Å². The Kier molecular flexibility index (Phi) is 10.0. The van der Waals surface area contributed by atoms with Gasteiger partial charge in [-0.1, -0.05) is 77.7 Å². The maximum atomic E-state index is 14.2. The molecule has 0 bridgehead atoms. The monoisotopic (exact) mass is 683 g/mol. The van der Waals surface area contributed by atoms with E-state index in [-0.39, 0.29) is 22.3 Å². The maximum absolute atomic E-state index is 14.2. The molecule has 48 heavy (non-hydrogen) atoms. The Morgan fingerprint density at radius 2 is 1.69 bits per heavy atom. The number of aromatic nitrogens is 2. The van der Waals surface area contributed by atoms with Gasteiger partial charge >= 0.3 is 5.91 Å². The third-order valence-electron chi connectivity index (χ3n) is 7.54. The van der Waals surface area contributed by atoms with Crippen molar-refractivity contribution in [2.75, 3.05) is 18.6 Å². The highest BCUT2D eigenvalue weighted by Gasteiger charge is 2.48. The number of amides is 1. The fourth-order valence-corrected chi connectivity index (χ4v) is 7.03. The number of methoxy groups -OCH3 is 1. The minimum absolute atomic E-state index is 0.124. The number of nitrogens with zero attached hydrogens (tertiary/aromatic N) is 3. The molecule has 1 unspecified atom stereocenters. The van der Waals surface area contributed by atoms with Crippen molar-refractivity contribution in [3.05, 3.63) is 131 Å². The van der Waals surface area contributed by atoms with Gasteiger partial charge in [0.05, 0.1) is 25.3 Å². The molecule has 1 aliphatic heterocycles. The average Bonchev–Trinajstić information content (AvgIpc) is 3.69. The SMILES string of the molecule is CCOc1cc(C2C(=C(O)c3ccc(OC)cc3)C(=O)C(=O)N2c2nnc(SCc3ccccc3F)s2)ccc1OCc1ccccc1. The van der Waals surface area contributed by atoms with Gasteiger partial charge in [-0.15, -0.1) is 10.2 Å². The highest BCUT2D eigenvalue weighted by Crippen LogP contribution is 2.46. The number of benzene rings is 4. The lowest BCUT2D eigenvalue weighted by Gasteiger charge is -2.23. The van der Waals surface area contributed by atoms with E-state index in [4.69, 9.17) is 14.2 Å². The second kappa shape index (κ2) is 14.7. The molecular formula is C36H30FN3O6S2. The van der Waals surface area contributed by atoms with Gasteiger partial charge in [0.2, 0.25) is 5.13 Å². The van der Waals surface area contributed by atoms with Gasteiger partial charge in [0.25, 0.3) is 5.78 Å². The molecule has 5 aromatic rings. The van der Waals surface area contributed by atoms with Gasteiger partial charge in [0, 0.05) is 11.3 Å². The molecule has 1 saturated heterocycles. The summed E-state index contributed by atoms with van der Waals surface area (Å²) in [6, 6.07) is 26.7. The summed E-state index contributed by atoms with van der Waals surface area (Å²) in [7, 11) is 1.52. The molecule has 9 nitrogen and oxygen atoms in total. The number of aliphatic hydroxyl groups is 1. The van der Waals surface area contributed by atoms with Crippen molar-refractivity contribution in [3.8, 4) is 17.2 Å². The molecule has 6 rings (SSSR count). The Hall–Kier alpha value is -5.20. The maximum Gasteiger partial charge on any atom is 0.301 e. The standard InChI is InChI=1S/C36H30FN3O6S2/c1-3-45-29-19-24(15-18-28(29)46-20-22-9-5-4-6-10-22)31-30(32(41)23-13-16-26(44-2)17-14-23)33(42)34(43)40(31)35-38-39-36(48-35)47-21-25-11-7-8-12-27(25)37/h4-19,31,41H,3,20-21H2,1-2H3. The molecule has 4 aromatic carbocycles. The molecule has 0 saturated carbocycles. The molecule has 0 aliphatic carbocycles. The van der Waals surface area contributed by atoms with E-state index >= 15 is 0 Å². The normalized spacial score (nSPS) is 15.5. The minimum atomic E-state index is -1.08. The quantitative estimate of drug-likeness (QED) is 0.0468. The van der Waals surface area contributed by atoms with Crippen molar-refractivity contribution in [2.24, 2.45) is 0 Å². The molecule has 0 spiro atoms. The van der Waals surface area contributed by atoms with Gasteiger partial charge in [0.1, 0.15) is 23.9 Å². The van der Waals surface area contributed by atoms with Crippen molar-refractivity contribution in [2.45, 2.75) is 29.7 Å². The number of hydrogen-bond donors (Lipinski definition) is 1. The Bertz CT molecular complexity index is 1970. The summed E-state index contributed by atoms with van der Waals surface area (Å²) in [5, 5.41) is 20.2. The van der Waals surface area contributed by atoms with Crippen LogP contribution in [0.3, 0.4) is 0 Å². The molecule has 244 valence electrons. The molecule has 1 aromatic heterocycles. The van der Waals surface area contributed by atoms with Crippen molar-refractivity contribution in [1.29, 1.82) is 0 Å². The van der Waals surface area contributed by atoms with E-state index in [0.29, 0.717) is 57.2 Å². The van der Waals surface area contributed by atoms with Crippen LogP contribution in [0.15, 0.2) is 107 Å². The van der Waals surface area contributed by atoms with E-state index in [0.717, 1.165) is 16.9 Å². The molecule has 12 heteroatoms. The summed E-state index contributed by atoms with van der Waals surface area (Å²) in [5.74, 6) is -0.720. The van der Waals surface area contributed by atoms with E-state index < -0.39 is 17.7 Å². The smallest absolute Gasteiger partial charge is 0.301 e. The first-order valence-corrected chi connectivity index (χ1v) is 16.8. The number of hydrogen-bond acceptors (Lipinski definition) is 10. The Balaban J connectivity index is 1.40. The Morgan fingerprint density at radius 1 is 0.938 bits per heavy atom. The van der Waals surface area contributed by atoms with Crippen molar-refractivity contribution >= 4 is 45.7 Å². The van der Waals surface area contributed by atoms with Crippen LogP contribution in [0.25, 0.3) is 5.76 Å². The summed E-state index contributed by atoms with van der Waals surface area (Å²) in [6.45, 7) is 2.47. The van der Waals surface area contributed by atoms with Crippen LogP contribution in [0.5, 0.6) is 17.2 Å². The van der Waals surface area contributed by atoms with E-state index in [2.05, 4.69) is 10.2 Å². The number of halogens is 1. The van der Waals surface area contributed by atoms with Crippen LogP contribution in [-0.4, -0.2) is 40.7 Å². The van der Waals surface area contributed by atoms with Gasteiger partial charge in [-0.25, -0.2) is 4.39 Å². The number of carbonyl (C=O) groups excluding carboxylic acids is 2. The molecule has 1 N–H and O–H groups in total. The van der Waals surface area contributed by atoms with Gasteiger partial charge in [0.15, 0.2) is 15.8 Å². The lowest BCUT2D eigenvalue weighted by Crippen LogP contribution is -2.29. The van der Waals surface area contributed by atoms with Crippen molar-refractivity contribution in [1.82, 2.24) is 10.2 Å². The van der Waals surface area contributed by atoms with Crippen molar-refractivity contribution in [3.63, 3.8) is 0 Å². The Labute approximate surface area is 284 Å². The predicted molar refractivity (Wildman–Crippen MR) is 182 cm³/mol. The number of anilines is 1. The lowest BCUT2D eigenvalue weighted by atomic mass is 9.95. The molecule has 1 amide bonds. The van der Waals surface area contributed by atoms with Crippen molar-refractivity contribution < 1.29 is 33.3 Å². The number of aliphatic hydroxyl groups excluding tert-OH is 1. The Morgan fingerprint density at radius 3 is 2.42 bits per heavy atom. The first kappa shape index (κ1) is 32.7. The van der Waals surface area contributed by atoms with Crippen LogP contribution in [0, 0.1) is 5.82 Å². The number of Topliss-reactive ketones (excluding diaryl/α,β-unsaturated/α-hetero) is 1. The van der Waals surface area contributed by atoms with Gasteiger partial charge in [-0.3, -0.25) is 14.5 Å². The highest BCUT2D eigenvalue weighted by atomic mass is 32.2. The van der Waals surface area contributed by atoms with Crippen LogP contribution in [0.4, 0.5) is 9.52 Å². The number of carbonyl (C=O) groups is 2. The summed E-state index contributed by atoms with van der Waals surface area (Å²) < 4.78 is 32.0. The van der Waals surface area contributed by atoms with Crippen LogP contribution in [-0.2, 0) is 21.9 Å². The first-order chi connectivity index (χ1) is 23.4. The van der Waals surface area contributed by atoms with Gasteiger partial charge in [-0.05, 0) is 66.1 Å². The largest absolute Gasteiger partial charge is 0.507 e. The minimum Gasteiger partial charge on any atom is -0.507 e. The molecule has 1 aliphatic rings. The van der Waals surface area contributed by atoms with E-state index in [1.54, 1.807) is 60.7 Å². The molecule has 0 radical (unpaired) electrons. The molecule has 2 heterocycles. The highest BCUT2D eigenvalue weighted by molar-refractivity contribution is 8.00. The van der Waals surface area contributed by atoms with Gasteiger partial charge in [-0.2, -0.15) is 0 Å². The van der Waals surface area contributed by atoms with Crippen LogP contribution >= 0.6 is 23.1 Å². The summed E-state index contributed by atoms with van der Waals surface area (Å²) >= 11 is 2.35. The molecular weight excluding hydrogens is 654 g/mol. The summed E-state index contributed by atoms with van der Waals surface area (Å²) in [6.07, 6.45) is 0. The number of rotatable bonds is 12. The second-order valence-corrected chi connectivity index (χ2v) is 12.7. The topological polar surface area (TPSA) is 111 Å². The summed E-state index contributed by atoms with van der Waals surface area (Å²) in [5.41, 5.74) is 2.15. The second-order valence-electron chi connectivity index (χ2n) is 10.5. The fraction of sp³-hybridized carbons (Fsp3) is 0.167. The molecule has 1 fully saturated rings. The molecule has 1 atom stereocenters.